The summed E-state index contributed by atoms with van der Waals surface area (Å²) >= 11 is 0. The number of carbonyl (C=O) groups excluding carboxylic acids is 1. The molecule has 0 saturated heterocycles. The molecule has 0 N–H and O–H groups in total. The molecule has 19 heavy (non-hydrogen) atoms. The van der Waals surface area contributed by atoms with Crippen LogP contribution >= 0.6 is 0 Å². The van der Waals surface area contributed by atoms with Crippen molar-refractivity contribution in [2.24, 2.45) is 0 Å². The molecule has 0 fully saturated rings. The second kappa shape index (κ2) is 4.72. The summed E-state index contributed by atoms with van der Waals surface area (Å²) in [5.41, 5.74) is 2.58. The first kappa shape index (κ1) is 13.7. The topological polar surface area (TPSA) is 35.5 Å². The van der Waals surface area contributed by atoms with Gasteiger partial charge in [0.05, 0.1) is 7.11 Å². The van der Waals surface area contributed by atoms with Gasteiger partial charge in [0, 0.05) is 12.0 Å². The predicted octanol–water partition coefficient (Wildman–Crippen LogP) is 3.51. The predicted molar refractivity (Wildman–Crippen MR) is 75.3 cm³/mol. The van der Waals surface area contributed by atoms with Crippen molar-refractivity contribution in [3.63, 3.8) is 0 Å². The third-order valence-electron chi connectivity index (χ3n) is 3.41. The Morgan fingerprint density at radius 3 is 2.63 bits per heavy atom. The Morgan fingerprint density at radius 2 is 2.05 bits per heavy atom. The third-order valence-corrected chi connectivity index (χ3v) is 3.41. The fourth-order valence-electron chi connectivity index (χ4n) is 2.42. The van der Waals surface area contributed by atoms with Crippen molar-refractivity contribution in [2.75, 3.05) is 13.7 Å². The highest BCUT2D eigenvalue weighted by Crippen LogP contribution is 2.43. The largest absolute Gasteiger partial charge is 0.493 e. The van der Waals surface area contributed by atoms with E-state index < -0.39 is 0 Å². The first-order valence-electron chi connectivity index (χ1n) is 6.38. The van der Waals surface area contributed by atoms with Gasteiger partial charge in [-0.25, -0.2) is 0 Å². The van der Waals surface area contributed by atoms with Crippen molar-refractivity contribution in [1.29, 1.82) is 0 Å². The molecule has 102 valence electrons. The Labute approximate surface area is 114 Å². The van der Waals surface area contributed by atoms with Crippen LogP contribution in [0, 0.1) is 0 Å². The summed E-state index contributed by atoms with van der Waals surface area (Å²) in [5.74, 6) is 1.45. The molecule has 0 saturated carbocycles. The number of benzene rings is 1. The van der Waals surface area contributed by atoms with Crippen LogP contribution in [0.25, 0.3) is 0 Å². The van der Waals surface area contributed by atoms with Gasteiger partial charge in [0.2, 0.25) is 0 Å². The van der Waals surface area contributed by atoms with E-state index in [4.69, 9.17) is 9.47 Å². The molecule has 0 unspecified atom stereocenters. The van der Waals surface area contributed by atoms with Crippen molar-refractivity contribution in [2.45, 2.75) is 32.6 Å². The van der Waals surface area contributed by atoms with E-state index in [0.29, 0.717) is 24.5 Å². The van der Waals surface area contributed by atoms with Crippen LogP contribution in [0.1, 0.15) is 43.1 Å². The Balaban J connectivity index is 2.45. The van der Waals surface area contributed by atoms with Crippen LogP contribution < -0.4 is 9.47 Å². The summed E-state index contributed by atoms with van der Waals surface area (Å²) in [4.78, 5) is 12.1. The van der Waals surface area contributed by atoms with Crippen molar-refractivity contribution in [3.8, 4) is 11.5 Å². The van der Waals surface area contributed by atoms with Gasteiger partial charge in [0.15, 0.2) is 17.3 Å². The normalized spacial score (nSPS) is 16.1. The summed E-state index contributed by atoms with van der Waals surface area (Å²) in [6, 6.07) is 3.72. The van der Waals surface area contributed by atoms with Crippen LogP contribution in [0.5, 0.6) is 11.5 Å². The maximum Gasteiger partial charge on any atom is 0.164 e. The van der Waals surface area contributed by atoms with E-state index in [-0.39, 0.29) is 11.2 Å². The quantitative estimate of drug-likeness (QED) is 0.777. The lowest BCUT2D eigenvalue weighted by Crippen LogP contribution is -2.12. The maximum absolute atomic E-state index is 12.1. The minimum Gasteiger partial charge on any atom is -0.493 e. The number of methoxy groups -OCH3 is 1. The number of fused-ring (bicyclic) bond motifs is 1. The van der Waals surface area contributed by atoms with E-state index in [1.165, 1.54) is 0 Å². The molecule has 0 atom stereocenters. The molecule has 0 amide bonds. The van der Waals surface area contributed by atoms with E-state index in [9.17, 15) is 4.79 Å². The molecular weight excluding hydrogens is 240 g/mol. The number of carbonyl (C=O) groups is 1. The molecule has 1 aliphatic rings. The molecule has 0 aromatic heterocycles. The van der Waals surface area contributed by atoms with Gasteiger partial charge in [-0.05, 0) is 35.6 Å². The highest BCUT2D eigenvalue weighted by molar-refractivity contribution is 6.02. The molecule has 3 heteroatoms. The van der Waals surface area contributed by atoms with E-state index in [1.807, 2.05) is 13.0 Å². The van der Waals surface area contributed by atoms with Gasteiger partial charge < -0.3 is 9.47 Å². The molecule has 1 aromatic rings. The average molecular weight is 260 g/mol. The Kier molecular flexibility index (Phi) is 3.40. The number of hydrogen-bond acceptors (Lipinski definition) is 3. The van der Waals surface area contributed by atoms with Gasteiger partial charge >= 0.3 is 0 Å². The van der Waals surface area contributed by atoms with Gasteiger partial charge in [-0.3, -0.25) is 4.79 Å². The lowest BCUT2D eigenvalue weighted by molar-refractivity contribution is 0.0979. The van der Waals surface area contributed by atoms with Crippen LogP contribution in [0.2, 0.25) is 0 Å². The smallest absolute Gasteiger partial charge is 0.164 e. The second-order valence-electron chi connectivity index (χ2n) is 5.78. The maximum atomic E-state index is 12.1. The minimum absolute atomic E-state index is 0.132. The molecule has 3 nitrogen and oxygen atoms in total. The number of ether oxygens (including phenoxy) is 2. The fourth-order valence-corrected chi connectivity index (χ4v) is 2.42. The van der Waals surface area contributed by atoms with Gasteiger partial charge in [0.25, 0.3) is 0 Å². The zero-order valence-corrected chi connectivity index (χ0v) is 12.0. The SMILES string of the molecule is C=C(C)COc1cc2c(cc1OC)C(C)(C)CC2=O. The van der Waals surface area contributed by atoms with E-state index in [1.54, 1.807) is 13.2 Å². The van der Waals surface area contributed by atoms with Crippen molar-refractivity contribution >= 4 is 5.78 Å². The average Bonchev–Trinajstić information content (AvgIpc) is 2.55. The molecule has 1 aliphatic carbocycles. The standard InChI is InChI=1S/C16H20O3/c1-10(2)9-19-15-6-11-12(7-14(15)18-5)16(3,4)8-13(11)17/h6-7H,1,8-9H2,2-5H3. The highest BCUT2D eigenvalue weighted by atomic mass is 16.5. The first-order valence-corrected chi connectivity index (χ1v) is 6.38. The molecule has 0 heterocycles. The third kappa shape index (κ3) is 2.50. The van der Waals surface area contributed by atoms with E-state index in [0.717, 1.165) is 16.7 Å². The Bertz CT molecular complexity index is 541. The van der Waals surface area contributed by atoms with Crippen LogP contribution in [0.15, 0.2) is 24.3 Å². The summed E-state index contributed by atoms with van der Waals surface area (Å²) < 4.78 is 11.0. The number of Topliss-reactive ketones (excluding diaryl/α,β-unsaturated/α-hetero) is 1. The lowest BCUT2D eigenvalue weighted by Gasteiger charge is -2.19. The zero-order chi connectivity index (χ0) is 14.2. The highest BCUT2D eigenvalue weighted by Gasteiger charge is 2.37. The monoisotopic (exact) mass is 260 g/mol. The molecule has 0 spiro atoms. The zero-order valence-electron chi connectivity index (χ0n) is 12.0. The van der Waals surface area contributed by atoms with Crippen LogP contribution in [-0.4, -0.2) is 19.5 Å². The van der Waals surface area contributed by atoms with Crippen LogP contribution in [0.4, 0.5) is 0 Å². The number of rotatable bonds is 4. The molecule has 0 radical (unpaired) electrons. The van der Waals surface area contributed by atoms with Gasteiger partial charge in [-0.1, -0.05) is 20.4 Å². The molecule has 0 bridgehead atoms. The van der Waals surface area contributed by atoms with Crippen LogP contribution in [-0.2, 0) is 5.41 Å². The summed E-state index contributed by atoms with van der Waals surface area (Å²) in [6.45, 7) is 10.3. The van der Waals surface area contributed by atoms with Gasteiger partial charge in [-0.15, -0.1) is 0 Å². The van der Waals surface area contributed by atoms with Crippen LogP contribution in [0.3, 0.4) is 0 Å². The minimum atomic E-state index is -0.132. The molecule has 1 aromatic carbocycles. The summed E-state index contributed by atoms with van der Waals surface area (Å²) in [7, 11) is 1.61. The van der Waals surface area contributed by atoms with E-state index >= 15 is 0 Å². The van der Waals surface area contributed by atoms with Crippen molar-refractivity contribution in [1.82, 2.24) is 0 Å². The lowest BCUT2D eigenvalue weighted by atomic mass is 9.86. The van der Waals surface area contributed by atoms with Gasteiger partial charge in [-0.2, -0.15) is 0 Å². The fraction of sp³-hybridized carbons (Fsp3) is 0.438. The summed E-state index contributed by atoms with van der Waals surface area (Å²) in [5, 5.41) is 0. The van der Waals surface area contributed by atoms with Crippen molar-refractivity contribution < 1.29 is 14.3 Å². The number of hydrogen-bond donors (Lipinski definition) is 0. The van der Waals surface area contributed by atoms with E-state index in [2.05, 4.69) is 20.4 Å². The number of ketones is 1. The molecule has 2 rings (SSSR count). The second-order valence-corrected chi connectivity index (χ2v) is 5.78. The Morgan fingerprint density at radius 1 is 1.37 bits per heavy atom. The molecular formula is C16H20O3. The first-order chi connectivity index (χ1) is 8.85. The van der Waals surface area contributed by atoms with Gasteiger partial charge in [0.1, 0.15) is 6.61 Å². The summed E-state index contributed by atoms with van der Waals surface area (Å²) in [6.07, 6.45) is 0.537. The Hall–Kier alpha value is -1.77. The molecule has 0 aliphatic heterocycles. The van der Waals surface area contributed by atoms with Crippen molar-refractivity contribution in [3.05, 3.63) is 35.4 Å².